The van der Waals surface area contributed by atoms with E-state index in [0.717, 1.165) is 18.1 Å². The molecular weight excluding hydrogens is 252 g/mol. The highest BCUT2D eigenvalue weighted by Crippen LogP contribution is 2.09. The van der Waals surface area contributed by atoms with Crippen molar-refractivity contribution < 1.29 is 0 Å². The van der Waals surface area contributed by atoms with Gasteiger partial charge in [-0.2, -0.15) is 4.68 Å². The lowest BCUT2D eigenvalue weighted by Crippen LogP contribution is -2.46. The standard InChI is InChI=1S/C14H22N6/c1-14(2,19(3)4)11-15-10-13-16-17-18-20(13)12-8-6-5-7-9-12/h5-9,15H,10-11H2,1-4H3. The van der Waals surface area contributed by atoms with E-state index >= 15 is 0 Å². The highest BCUT2D eigenvalue weighted by atomic mass is 15.5. The van der Waals surface area contributed by atoms with Crippen LogP contribution >= 0.6 is 0 Å². The lowest BCUT2D eigenvalue weighted by Gasteiger charge is -2.32. The van der Waals surface area contributed by atoms with Crippen LogP contribution < -0.4 is 5.32 Å². The van der Waals surface area contributed by atoms with Crippen LogP contribution in [-0.4, -0.2) is 51.3 Å². The van der Waals surface area contributed by atoms with Crippen molar-refractivity contribution in [3.8, 4) is 5.69 Å². The van der Waals surface area contributed by atoms with Crippen LogP contribution in [0.4, 0.5) is 0 Å². The van der Waals surface area contributed by atoms with E-state index in [4.69, 9.17) is 0 Å². The lowest BCUT2D eigenvalue weighted by molar-refractivity contribution is 0.189. The maximum absolute atomic E-state index is 4.08. The van der Waals surface area contributed by atoms with Crippen LogP contribution in [0, 0.1) is 0 Å². The molecule has 0 unspecified atom stereocenters. The van der Waals surface area contributed by atoms with Crippen LogP contribution in [0.1, 0.15) is 19.7 Å². The maximum Gasteiger partial charge on any atom is 0.170 e. The van der Waals surface area contributed by atoms with E-state index < -0.39 is 0 Å². The Labute approximate surface area is 119 Å². The maximum atomic E-state index is 4.08. The molecule has 0 fully saturated rings. The zero-order valence-electron chi connectivity index (χ0n) is 12.5. The average molecular weight is 274 g/mol. The summed E-state index contributed by atoms with van der Waals surface area (Å²) in [4.78, 5) is 2.19. The number of tetrazole rings is 1. The first-order valence-electron chi connectivity index (χ1n) is 6.71. The highest BCUT2D eigenvalue weighted by Gasteiger charge is 2.20. The summed E-state index contributed by atoms with van der Waals surface area (Å²) in [6.07, 6.45) is 0. The second-order valence-electron chi connectivity index (χ2n) is 5.65. The SMILES string of the molecule is CN(C)C(C)(C)CNCc1nnnn1-c1ccccc1. The first kappa shape index (κ1) is 14.6. The Morgan fingerprint density at radius 3 is 2.55 bits per heavy atom. The summed E-state index contributed by atoms with van der Waals surface area (Å²) in [5, 5.41) is 15.3. The molecule has 0 aliphatic heterocycles. The smallest absolute Gasteiger partial charge is 0.170 e. The molecule has 1 aromatic heterocycles. The van der Waals surface area contributed by atoms with Crippen molar-refractivity contribution >= 4 is 0 Å². The van der Waals surface area contributed by atoms with Crippen LogP contribution in [0.3, 0.4) is 0 Å². The van der Waals surface area contributed by atoms with Gasteiger partial charge in [-0.25, -0.2) is 0 Å². The van der Waals surface area contributed by atoms with Crippen LogP contribution in [0.15, 0.2) is 30.3 Å². The monoisotopic (exact) mass is 274 g/mol. The third-order valence-corrected chi connectivity index (χ3v) is 3.59. The number of nitrogens with one attached hydrogen (secondary N) is 1. The predicted molar refractivity (Wildman–Crippen MR) is 78.6 cm³/mol. The van der Waals surface area contributed by atoms with Crippen molar-refractivity contribution in [3.63, 3.8) is 0 Å². The Morgan fingerprint density at radius 1 is 1.20 bits per heavy atom. The molecule has 0 saturated carbocycles. The van der Waals surface area contributed by atoms with E-state index in [9.17, 15) is 0 Å². The molecule has 0 aliphatic carbocycles. The molecule has 0 spiro atoms. The summed E-state index contributed by atoms with van der Waals surface area (Å²) in [7, 11) is 4.16. The van der Waals surface area contributed by atoms with Crippen LogP contribution in [0.25, 0.3) is 5.69 Å². The van der Waals surface area contributed by atoms with Gasteiger partial charge in [-0.15, -0.1) is 5.10 Å². The second-order valence-corrected chi connectivity index (χ2v) is 5.65. The Morgan fingerprint density at radius 2 is 1.90 bits per heavy atom. The fourth-order valence-corrected chi connectivity index (χ4v) is 1.72. The van der Waals surface area contributed by atoms with Gasteiger partial charge in [0.1, 0.15) is 0 Å². The average Bonchev–Trinajstić information content (AvgIpc) is 2.88. The number of nitrogens with zero attached hydrogens (tertiary/aromatic N) is 5. The number of para-hydroxylation sites is 1. The Kier molecular flexibility index (Phi) is 4.46. The van der Waals surface area contributed by atoms with Gasteiger partial charge >= 0.3 is 0 Å². The molecule has 0 atom stereocenters. The van der Waals surface area contributed by atoms with Crippen LogP contribution in [-0.2, 0) is 6.54 Å². The third-order valence-electron chi connectivity index (χ3n) is 3.59. The molecule has 2 rings (SSSR count). The first-order valence-corrected chi connectivity index (χ1v) is 6.71. The summed E-state index contributed by atoms with van der Waals surface area (Å²) < 4.78 is 1.76. The zero-order chi connectivity index (χ0) is 14.6. The first-order chi connectivity index (χ1) is 9.50. The predicted octanol–water partition coefficient (Wildman–Crippen LogP) is 1.09. The fraction of sp³-hybridized carbons (Fsp3) is 0.500. The summed E-state index contributed by atoms with van der Waals surface area (Å²) >= 11 is 0. The summed E-state index contributed by atoms with van der Waals surface area (Å²) in [5.41, 5.74) is 1.06. The Bertz CT molecular complexity index is 532. The minimum Gasteiger partial charge on any atom is -0.308 e. The van der Waals surface area contributed by atoms with Gasteiger partial charge in [0.2, 0.25) is 0 Å². The highest BCUT2D eigenvalue weighted by molar-refractivity contribution is 5.30. The molecule has 1 heterocycles. The van der Waals surface area contributed by atoms with Gasteiger partial charge < -0.3 is 10.2 Å². The molecule has 0 aliphatic rings. The molecule has 6 nitrogen and oxygen atoms in total. The van der Waals surface area contributed by atoms with Crippen LogP contribution in [0.2, 0.25) is 0 Å². The fourth-order valence-electron chi connectivity index (χ4n) is 1.72. The zero-order valence-corrected chi connectivity index (χ0v) is 12.5. The van der Waals surface area contributed by atoms with E-state index in [1.807, 2.05) is 30.3 Å². The van der Waals surface area contributed by atoms with Gasteiger partial charge in [0.25, 0.3) is 0 Å². The minimum atomic E-state index is 0.0883. The molecule has 1 N–H and O–H groups in total. The van der Waals surface area contributed by atoms with Crippen LogP contribution in [0.5, 0.6) is 0 Å². The van der Waals surface area contributed by atoms with E-state index in [-0.39, 0.29) is 5.54 Å². The number of likely N-dealkylation sites (N-methyl/N-ethyl adjacent to an activating group) is 1. The van der Waals surface area contributed by atoms with Gasteiger partial charge in [0.05, 0.1) is 12.2 Å². The van der Waals surface area contributed by atoms with E-state index in [1.54, 1.807) is 4.68 Å². The van der Waals surface area contributed by atoms with Gasteiger partial charge in [0, 0.05) is 12.1 Å². The number of hydrogen-bond acceptors (Lipinski definition) is 5. The molecule has 1 aromatic carbocycles. The Balaban J connectivity index is 2.00. The van der Waals surface area contributed by atoms with E-state index in [1.165, 1.54) is 0 Å². The normalized spacial score (nSPS) is 12.1. The third kappa shape index (κ3) is 3.40. The van der Waals surface area contributed by atoms with Crippen molar-refractivity contribution in [3.05, 3.63) is 36.2 Å². The van der Waals surface area contributed by atoms with E-state index in [0.29, 0.717) is 6.54 Å². The summed E-state index contributed by atoms with van der Waals surface area (Å²) in [6.45, 7) is 5.89. The Hall–Kier alpha value is -1.79. The van der Waals surface area contributed by atoms with E-state index in [2.05, 4.69) is 53.7 Å². The van der Waals surface area contributed by atoms with Gasteiger partial charge in [0.15, 0.2) is 5.82 Å². The molecule has 0 bridgehead atoms. The summed E-state index contributed by atoms with van der Waals surface area (Å²) in [5.74, 6) is 0.811. The second kappa shape index (κ2) is 6.11. The minimum absolute atomic E-state index is 0.0883. The lowest BCUT2D eigenvalue weighted by atomic mass is 10.0. The number of benzene rings is 1. The molecule has 0 amide bonds. The van der Waals surface area contributed by atoms with Crippen molar-refractivity contribution in [1.29, 1.82) is 0 Å². The molecule has 108 valence electrons. The van der Waals surface area contributed by atoms with Gasteiger partial charge in [-0.05, 0) is 50.5 Å². The van der Waals surface area contributed by atoms with Crippen molar-refractivity contribution in [1.82, 2.24) is 30.4 Å². The topological polar surface area (TPSA) is 58.9 Å². The molecule has 6 heteroatoms. The van der Waals surface area contributed by atoms with Crippen molar-refractivity contribution in [2.75, 3.05) is 20.6 Å². The molecular formula is C14H22N6. The molecule has 0 saturated heterocycles. The molecule has 2 aromatic rings. The quantitative estimate of drug-likeness (QED) is 0.854. The van der Waals surface area contributed by atoms with Crippen molar-refractivity contribution in [2.24, 2.45) is 0 Å². The summed E-state index contributed by atoms with van der Waals surface area (Å²) in [6, 6.07) is 9.91. The molecule has 0 radical (unpaired) electrons. The van der Waals surface area contributed by atoms with Gasteiger partial charge in [-0.3, -0.25) is 0 Å². The van der Waals surface area contributed by atoms with Gasteiger partial charge in [-0.1, -0.05) is 18.2 Å². The number of hydrogen-bond donors (Lipinski definition) is 1. The number of aromatic nitrogens is 4. The largest absolute Gasteiger partial charge is 0.308 e. The van der Waals surface area contributed by atoms with Crippen molar-refractivity contribution in [2.45, 2.75) is 25.9 Å². The number of rotatable bonds is 6. The molecule has 20 heavy (non-hydrogen) atoms.